The molecule has 0 amide bonds. The zero-order valence-corrected chi connectivity index (χ0v) is 13.7. The number of carbonyl (C=O) groups is 1. The fraction of sp³-hybridized carbons (Fsp3) is 0.158. The molecule has 0 unspecified atom stereocenters. The van der Waals surface area contributed by atoms with Crippen LogP contribution >= 0.6 is 0 Å². The van der Waals surface area contributed by atoms with Gasteiger partial charge in [-0.2, -0.15) is 5.10 Å². The zero-order chi connectivity index (χ0) is 17.1. The summed E-state index contributed by atoms with van der Waals surface area (Å²) in [7, 11) is 2.06. The van der Waals surface area contributed by atoms with Crippen molar-refractivity contribution < 1.29 is 9.90 Å². The number of hydrogen-bond acceptors (Lipinski definition) is 3. The Morgan fingerprint density at radius 3 is 2.54 bits per heavy atom. The van der Waals surface area contributed by atoms with Crippen molar-refractivity contribution in [3.63, 3.8) is 0 Å². The van der Waals surface area contributed by atoms with Crippen LogP contribution in [0.25, 0.3) is 10.9 Å². The summed E-state index contributed by atoms with van der Waals surface area (Å²) >= 11 is 0. The second-order valence-corrected chi connectivity index (χ2v) is 5.56. The number of carboxylic acid groups (broad SMARTS) is 1. The molecule has 0 saturated heterocycles. The Hall–Kier alpha value is -3.08. The molecule has 0 aliphatic heterocycles. The molecule has 3 aromatic rings. The molecule has 0 atom stereocenters. The maximum Gasteiger partial charge on any atom is 0.335 e. The Balaban J connectivity index is 2.03. The summed E-state index contributed by atoms with van der Waals surface area (Å²) in [4.78, 5) is 10.9. The van der Waals surface area contributed by atoms with E-state index in [1.807, 2.05) is 18.2 Å². The first-order valence-corrected chi connectivity index (χ1v) is 7.81. The highest BCUT2D eigenvalue weighted by molar-refractivity contribution is 5.88. The van der Waals surface area contributed by atoms with E-state index in [4.69, 9.17) is 5.11 Å². The summed E-state index contributed by atoms with van der Waals surface area (Å²) in [5.74, 6) is -0.937. The lowest BCUT2D eigenvalue weighted by Crippen LogP contribution is -2.14. The van der Waals surface area contributed by atoms with Crippen LogP contribution in [0.2, 0.25) is 0 Å². The van der Waals surface area contributed by atoms with Crippen molar-refractivity contribution in [2.75, 3.05) is 5.43 Å². The number of aromatic carboxylic acids is 1. The minimum Gasteiger partial charge on any atom is -0.478 e. The van der Waals surface area contributed by atoms with Gasteiger partial charge in [0.25, 0.3) is 0 Å². The zero-order valence-electron chi connectivity index (χ0n) is 13.7. The van der Waals surface area contributed by atoms with Crippen molar-refractivity contribution in [2.24, 2.45) is 12.1 Å². The van der Waals surface area contributed by atoms with E-state index < -0.39 is 5.97 Å². The minimum absolute atomic E-state index is 0.256. The fourth-order valence-electron chi connectivity index (χ4n) is 2.71. The van der Waals surface area contributed by atoms with Gasteiger partial charge >= 0.3 is 5.97 Å². The first-order chi connectivity index (χ1) is 11.6. The number of aryl methyl sites for hydroxylation is 2. The van der Waals surface area contributed by atoms with Crippen molar-refractivity contribution in [2.45, 2.75) is 13.3 Å². The van der Waals surface area contributed by atoms with E-state index in [1.165, 1.54) is 5.69 Å². The van der Waals surface area contributed by atoms with E-state index in [9.17, 15) is 4.79 Å². The largest absolute Gasteiger partial charge is 0.478 e. The molecule has 5 heteroatoms. The molecule has 0 aliphatic rings. The molecule has 3 rings (SSSR count). The summed E-state index contributed by atoms with van der Waals surface area (Å²) in [5.41, 5.74) is 6.33. The summed E-state index contributed by atoms with van der Waals surface area (Å²) < 4.78 is 2.18. The third-order valence-corrected chi connectivity index (χ3v) is 4.08. The van der Waals surface area contributed by atoms with Crippen molar-refractivity contribution in [3.05, 3.63) is 71.2 Å². The van der Waals surface area contributed by atoms with Crippen LogP contribution in [0.5, 0.6) is 0 Å². The molecule has 0 fully saturated rings. The minimum atomic E-state index is -0.937. The van der Waals surface area contributed by atoms with Gasteiger partial charge in [-0.05, 0) is 42.8 Å². The maximum absolute atomic E-state index is 10.9. The second-order valence-electron chi connectivity index (χ2n) is 5.56. The molecule has 0 saturated carbocycles. The number of anilines is 1. The molecule has 2 aromatic carbocycles. The van der Waals surface area contributed by atoms with Gasteiger partial charge in [0.05, 0.1) is 22.1 Å². The van der Waals surface area contributed by atoms with E-state index in [2.05, 4.69) is 41.2 Å². The Morgan fingerprint density at radius 1 is 1.17 bits per heavy atom. The predicted octanol–water partition coefficient (Wildman–Crippen LogP) is 3.37. The molecule has 0 bridgehead atoms. The Bertz CT molecular complexity index is 957. The smallest absolute Gasteiger partial charge is 0.335 e. The van der Waals surface area contributed by atoms with Gasteiger partial charge < -0.3 is 9.67 Å². The van der Waals surface area contributed by atoms with E-state index in [-0.39, 0.29) is 5.56 Å². The summed E-state index contributed by atoms with van der Waals surface area (Å²) in [6, 6.07) is 16.7. The molecular weight excluding hydrogens is 302 g/mol. The van der Waals surface area contributed by atoms with Crippen molar-refractivity contribution >= 4 is 22.6 Å². The van der Waals surface area contributed by atoms with Gasteiger partial charge in [-0.3, -0.25) is 5.43 Å². The maximum atomic E-state index is 10.9. The third-order valence-electron chi connectivity index (χ3n) is 4.08. The fourth-order valence-corrected chi connectivity index (χ4v) is 2.71. The topological polar surface area (TPSA) is 66.6 Å². The van der Waals surface area contributed by atoms with Crippen LogP contribution in [0.1, 0.15) is 23.0 Å². The van der Waals surface area contributed by atoms with Crippen LogP contribution < -0.4 is 10.8 Å². The second kappa shape index (κ2) is 6.58. The molecule has 2 N–H and O–H groups in total. The first kappa shape index (κ1) is 15.8. The quantitative estimate of drug-likeness (QED) is 0.724. The SMILES string of the molecule is CCc1c/c(=N/Nc2ccc(C(=O)O)cc2)c2ccccc2n1C. The summed E-state index contributed by atoms with van der Waals surface area (Å²) in [6.45, 7) is 2.12. The van der Waals surface area contributed by atoms with Crippen LogP contribution in [0.4, 0.5) is 5.69 Å². The number of carboxylic acids is 1. The van der Waals surface area contributed by atoms with E-state index >= 15 is 0 Å². The first-order valence-electron chi connectivity index (χ1n) is 7.81. The van der Waals surface area contributed by atoms with Gasteiger partial charge in [0, 0.05) is 18.1 Å². The van der Waals surface area contributed by atoms with Crippen LogP contribution in [0.3, 0.4) is 0 Å². The Labute approximate surface area is 139 Å². The molecule has 122 valence electrons. The number of aromatic nitrogens is 1. The molecular formula is C19H19N3O2. The molecule has 0 aliphatic carbocycles. The lowest BCUT2D eigenvalue weighted by Gasteiger charge is -2.12. The highest BCUT2D eigenvalue weighted by atomic mass is 16.4. The Morgan fingerprint density at radius 2 is 1.88 bits per heavy atom. The average molecular weight is 321 g/mol. The van der Waals surface area contributed by atoms with Crippen molar-refractivity contribution in [1.29, 1.82) is 0 Å². The predicted molar refractivity (Wildman–Crippen MR) is 94.9 cm³/mol. The van der Waals surface area contributed by atoms with E-state index in [0.29, 0.717) is 0 Å². The van der Waals surface area contributed by atoms with Crippen molar-refractivity contribution in [1.82, 2.24) is 4.57 Å². The average Bonchev–Trinajstić information content (AvgIpc) is 2.61. The molecule has 24 heavy (non-hydrogen) atoms. The standard InChI is InChI=1S/C19H19N3O2/c1-3-15-12-17(16-6-4-5-7-18(16)22(15)2)21-20-14-10-8-13(9-11-14)19(23)24/h4-12,20H,3H2,1-2H3,(H,23,24)/b21-17-. The van der Waals surface area contributed by atoms with E-state index in [1.54, 1.807) is 24.3 Å². The van der Waals surface area contributed by atoms with Crippen molar-refractivity contribution in [3.8, 4) is 0 Å². The number of hydrogen-bond donors (Lipinski definition) is 2. The molecule has 1 aromatic heterocycles. The molecule has 5 nitrogen and oxygen atoms in total. The lowest BCUT2D eigenvalue weighted by atomic mass is 10.1. The molecule has 0 radical (unpaired) electrons. The number of benzene rings is 2. The van der Waals surface area contributed by atoms with Gasteiger partial charge in [0.2, 0.25) is 0 Å². The highest BCUT2D eigenvalue weighted by Gasteiger charge is 2.04. The lowest BCUT2D eigenvalue weighted by molar-refractivity contribution is 0.0697. The van der Waals surface area contributed by atoms with Crippen LogP contribution in [0, 0.1) is 0 Å². The van der Waals surface area contributed by atoms with Crippen LogP contribution in [0.15, 0.2) is 59.7 Å². The highest BCUT2D eigenvalue weighted by Crippen LogP contribution is 2.13. The van der Waals surface area contributed by atoms with Crippen LogP contribution in [-0.2, 0) is 13.5 Å². The normalized spacial score (nSPS) is 11.7. The van der Waals surface area contributed by atoms with Gasteiger partial charge in [0.1, 0.15) is 0 Å². The number of nitrogens with zero attached hydrogens (tertiary/aromatic N) is 2. The van der Waals surface area contributed by atoms with E-state index in [0.717, 1.165) is 28.4 Å². The number of para-hydroxylation sites is 1. The summed E-state index contributed by atoms with van der Waals surface area (Å²) in [5, 5.41) is 15.4. The molecule has 0 spiro atoms. The number of rotatable bonds is 4. The number of fused-ring (bicyclic) bond motifs is 1. The number of nitrogens with one attached hydrogen (secondary N) is 1. The van der Waals surface area contributed by atoms with Gasteiger partial charge in [-0.25, -0.2) is 4.79 Å². The summed E-state index contributed by atoms with van der Waals surface area (Å²) in [6.07, 6.45) is 0.914. The monoisotopic (exact) mass is 321 g/mol. The number of pyridine rings is 1. The van der Waals surface area contributed by atoms with Gasteiger partial charge in [-0.15, -0.1) is 0 Å². The molecule has 1 heterocycles. The van der Waals surface area contributed by atoms with Gasteiger partial charge in [-0.1, -0.05) is 25.1 Å². The third kappa shape index (κ3) is 3.01. The van der Waals surface area contributed by atoms with Crippen LogP contribution in [-0.4, -0.2) is 15.6 Å². The van der Waals surface area contributed by atoms with Gasteiger partial charge in [0.15, 0.2) is 0 Å². The Kier molecular flexibility index (Phi) is 4.33.